The summed E-state index contributed by atoms with van der Waals surface area (Å²) in [7, 11) is 1.52. The van der Waals surface area contributed by atoms with Crippen molar-refractivity contribution in [1.29, 1.82) is 0 Å². The molecule has 0 unspecified atom stereocenters. The van der Waals surface area contributed by atoms with E-state index < -0.39 is 18.0 Å². The Labute approximate surface area is 304 Å². The first-order valence-electron chi connectivity index (χ1n) is 16.0. The number of benzene rings is 3. The summed E-state index contributed by atoms with van der Waals surface area (Å²) >= 11 is 13.9. The van der Waals surface area contributed by atoms with E-state index in [-0.39, 0.29) is 19.1 Å². The average Bonchev–Trinajstić information content (AvgIpc) is 3.45. The zero-order valence-electron chi connectivity index (χ0n) is 28.0. The molecule has 5 rings (SSSR count). The third kappa shape index (κ3) is 8.95. The third-order valence-electron chi connectivity index (χ3n) is 8.03. The van der Waals surface area contributed by atoms with Crippen LogP contribution in [0.1, 0.15) is 69.5 Å². The number of nitrogens with one attached hydrogen (secondary N) is 2. The summed E-state index contributed by atoms with van der Waals surface area (Å²) in [4.78, 5) is 39.8. The van der Waals surface area contributed by atoms with E-state index in [1.807, 2.05) is 0 Å². The minimum atomic E-state index is -0.888. The molecule has 0 spiro atoms. The Morgan fingerprint density at radius 2 is 1.80 bits per heavy atom. The van der Waals surface area contributed by atoms with Crippen molar-refractivity contribution in [3.8, 4) is 17.2 Å². The van der Waals surface area contributed by atoms with Crippen LogP contribution >= 0.6 is 34.5 Å². The molecule has 2 N–H and O–H groups in total. The maximum Gasteiger partial charge on any atom is 0.341 e. The molecule has 262 valence electrons. The first-order valence-corrected chi connectivity index (χ1v) is 17.6. The van der Waals surface area contributed by atoms with Gasteiger partial charge in [-0.15, -0.1) is 11.3 Å². The summed E-state index contributed by atoms with van der Waals surface area (Å²) in [6.07, 6.45) is 3.20. The summed E-state index contributed by atoms with van der Waals surface area (Å²) < 4.78 is 22.4. The Morgan fingerprint density at radius 3 is 2.50 bits per heavy atom. The monoisotopic (exact) mass is 737 g/mol. The van der Waals surface area contributed by atoms with Crippen LogP contribution in [0.4, 0.5) is 5.00 Å². The predicted molar refractivity (Wildman–Crippen MR) is 195 cm³/mol. The number of carbonyl (C=O) groups is 3. The number of carbonyl (C=O) groups excluding carboxylic acids is 3. The number of methoxy groups -OCH3 is 1. The molecule has 0 fully saturated rings. The molecule has 50 heavy (non-hydrogen) atoms. The first kappa shape index (κ1) is 36.7. The number of nitrogens with zero attached hydrogens (tertiary/aromatic N) is 1. The van der Waals surface area contributed by atoms with Gasteiger partial charge in [-0.1, -0.05) is 36.2 Å². The van der Waals surface area contributed by atoms with Crippen molar-refractivity contribution in [2.24, 2.45) is 11.0 Å². The smallest absolute Gasteiger partial charge is 0.341 e. The number of ether oxygens (including phenoxy) is 4. The number of halogens is 2. The van der Waals surface area contributed by atoms with Crippen LogP contribution in [0.5, 0.6) is 17.2 Å². The molecule has 2 atom stereocenters. The SMILES string of the molecule is CCOC(=O)c1c(NC(=O)c2ccc(O[C@@H](C)C(=O)N/N=C\c3ccc(OCc4c(Cl)cccc4Cl)c(OC)c3)cc2)sc2c1CC[C@H](C)C2. The van der Waals surface area contributed by atoms with Crippen molar-refractivity contribution in [1.82, 2.24) is 5.43 Å². The fourth-order valence-electron chi connectivity index (χ4n) is 5.34. The summed E-state index contributed by atoms with van der Waals surface area (Å²) in [6, 6.07) is 16.8. The van der Waals surface area contributed by atoms with E-state index in [1.165, 1.54) is 24.7 Å². The Morgan fingerprint density at radius 1 is 1.06 bits per heavy atom. The highest BCUT2D eigenvalue weighted by Crippen LogP contribution is 2.40. The van der Waals surface area contributed by atoms with Crippen molar-refractivity contribution in [3.05, 3.63) is 103 Å². The number of thiophene rings is 1. The number of anilines is 1. The minimum absolute atomic E-state index is 0.153. The van der Waals surface area contributed by atoms with E-state index in [0.29, 0.717) is 60.5 Å². The molecule has 1 aliphatic carbocycles. The minimum Gasteiger partial charge on any atom is -0.493 e. The molecule has 0 saturated heterocycles. The Hall–Kier alpha value is -4.58. The van der Waals surface area contributed by atoms with Crippen LogP contribution in [0.25, 0.3) is 0 Å². The second kappa shape index (κ2) is 16.9. The lowest BCUT2D eigenvalue weighted by Crippen LogP contribution is -2.33. The molecular formula is C37H37Cl2N3O7S. The van der Waals surface area contributed by atoms with Gasteiger partial charge in [0.25, 0.3) is 11.8 Å². The lowest BCUT2D eigenvalue weighted by molar-refractivity contribution is -0.127. The lowest BCUT2D eigenvalue weighted by Gasteiger charge is -2.18. The molecule has 13 heteroatoms. The molecule has 0 bridgehead atoms. The summed E-state index contributed by atoms with van der Waals surface area (Å²) in [5, 5.41) is 8.46. The maximum atomic E-state index is 13.2. The number of amides is 2. The van der Waals surface area contributed by atoms with Crippen LogP contribution in [-0.2, 0) is 29.0 Å². The van der Waals surface area contributed by atoms with Crippen LogP contribution in [0.3, 0.4) is 0 Å². The molecule has 1 aliphatic rings. The molecule has 1 heterocycles. The summed E-state index contributed by atoms with van der Waals surface area (Å²) in [6.45, 7) is 5.93. The van der Waals surface area contributed by atoms with Gasteiger partial charge in [0.1, 0.15) is 17.4 Å². The second-order valence-corrected chi connectivity index (χ2v) is 13.6. The van der Waals surface area contributed by atoms with Gasteiger partial charge in [0.15, 0.2) is 17.6 Å². The average molecular weight is 739 g/mol. The second-order valence-electron chi connectivity index (χ2n) is 11.6. The molecule has 0 aliphatic heterocycles. The van der Waals surface area contributed by atoms with Gasteiger partial charge in [0.2, 0.25) is 0 Å². The van der Waals surface area contributed by atoms with E-state index in [4.69, 9.17) is 42.1 Å². The zero-order valence-corrected chi connectivity index (χ0v) is 30.3. The number of rotatable bonds is 13. The van der Waals surface area contributed by atoms with Gasteiger partial charge in [0.05, 0.1) is 25.5 Å². The van der Waals surface area contributed by atoms with Gasteiger partial charge >= 0.3 is 5.97 Å². The lowest BCUT2D eigenvalue weighted by atomic mass is 9.88. The quantitative estimate of drug-likeness (QED) is 0.0807. The molecular weight excluding hydrogens is 701 g/mol. The Balaban J connectivity index is 1.15. The fraction of sp³-hybridized carbons (Fsp3) is 0.297. The number of hydrogen-bond acceptors (Lipinski definition) is 9. The van der Waals surface area contributed by atoms with Crippen molar-refractivity contribution in [3.63, 3.8) is 0 Å². The third-order valence-corrected chi connectivity index (χ3v) is 9.90. The molecule has 3 aromatic carbocycles. The molecule has 2 amide bonds. The van der Waals surface area contributed by atoms with Crippen molar-refractivity contribution < 1.29 is 33.3 Å². The van der Waals surface area contributed by atoms with Gasteiger partial charge in [-0.3, -0.25) is 9.59 Å². The number of fused-ring (bicyclic) bond motifs is 1. The van der Waals surface area contributed by atoms with Gasteiger partial charge in [0, 0.05) is 26.0 Å². The molecule has 0 radical (unpaired) electrons. The Kier molecular flexibility index (Phi) is 12.4. The highest BCUT2D eigenvalue weighted by Gasteiger charge is 2.29. The number of hydrogen-bond donors (Lipinski definition) is 2. The van der Waals surface area contributed by atoms with Gasteiger partial charge < -0.3 is 24.3 Å². The number of esters is 1. The number of hydrazone groups is 1. The van der Waals surface area contributed by atoms with Crippen molar-refractivity contribution in [2.75, 3.05) is 19.0 Å². The summed E-state index contributed by atoms with van der Waals surface area (Å²) in [5.41, 5.74) is 5.58. The largest absolute Gasteiger partial charge is 0.493 e. The van der Waals surface area contributed by atoms with Gasteiger partial charge in [-0.2, -0.15) is 5.10 Å². The standard InChI is InChI=1S/C37H37Cl2N3O7S/c1-5-47-37(45)33-26-15-9-21(2)17-32(26)50-36(33)41-35(44)24-11-13-25(14-12-24)49-22(3)34(43)42-40-19-23-10-16-30(31(18-23)46-4)48-20-27-28(38)7-6-8-29(27)39/h6-8,10-14,16,18-19,21-22H,5,9,15,17,20H2,1-4H3,(H,41,44)(H,42,43)/b40-19-/t21-,22-/m0/s1. The van der Waals surface area contributed by atoms with Crippen LogP contribution in [0.2, 0.25) is 10.0 Å². The maximum absolute atomic E-state index is 13.2. The van der Waals surface area contributed by atoms with Gasteiger partial charge in [-0.05, 0) is 105 Å². The highest BCUT2D eigenvalue weighted by molar-refractivity contribution is 7.17. The first-order chi connectivity index (χ1) is 24.1. The molecule has 10 nitrogen and oxygen atoms in total. The van der Waals surface area contributed by atoms with Crippen molar-refractivity contribution in [2.45, 2.75) is 52.7 Å². The highest BCUT2D eigenvalue weighted by atomic mass is 35.5. The van der Waals surface area contributed by atoms with E-state index in [1.54, 1.807) is 74.5 Å². The fourth-order valence-corrected chi connectivity index (χ4v) is 7.24. The van der Waals surface area contributed by atoms with Gasteiger partial charge in [-0.25, -0.2) is 10.2 Å². The normalized spacial score (nSPS) is 14.4. The van der Waals surface area contributed by atoms with Crippen molar-refractivity contribution >= 4 is 63.5 Å². The van der Waals surface area contributed by atoms with Crippen LogP contribution in [0, 0.1) is 5.92 Å². The van der Waals surface area contributed by atoms with E-state index in [9.17, 15) is 14.4 Å². The van der Waals surface area contributed by atoms with E-state index in [2.05, 4.69) is 22.8 Å². The van der Waals surface area contributed by atoms with Crippen LogP contribution in [0.15, 0.2) is 65.8 Å². The van der Waals surface area contributed by atoms with E-state index in [0.717, 1.165) is 29.7 Å². The molecule has 1 aromatic heterocycles. The zero-order chi connectivity index (χ0) is 35.8. The van der Waals surface area contributed by atoms with Crippen LogP contribution in [-0.4, -0.2) is 43.8 Å². The van der Waals surface area contributed by atoms with E-state index >= 15 is 0 Å². The Bertz CT molecular complexity index is 1870. The molecule has 0 saturated carbocycles. The summed E-state index contributed by atoms with van der Waals surface area (Å²) in [5.74, 6) is 0.577. The van der Waals surface area contributed by atoms with Crippen LogP contribution < -0.4 is 25.0 Å². The molecule has 4 aromatic rings. The topological polar surface area (TPSA) is 125 Å². The predicted octanol–water partition coefficient (Wildman–Crippen LogP) is 8.11.